The van der Waals surface area contributed by atoms with Crippen molar-refractivity contribution in [2.75, 3.05) is 18.0 Å². The van der Waals surface area contributed by atoms with Gasteiger partial charge in [0.05, 0.1) is 11.0 Å². The van der Waals surface area contributed by atoms with Crippen LogP contribution in [0.1, 0.15) is 12.8 Å². The first-order valence-corrected chi connectivity index (χ1v) is 7.76. The highest BCUT2D eigenvalue weighted by Crippen LogP contribution is 2.26. The van der Waals surface area contributed by atoms with E-state index >= 15 is 0 Å². The Morgan fingerprint density at radius 3 is 2.79 bits per heavy atom. The smallest absolute Gasteiger partial charge is 0.450 e. The number of nitrogens with zero attached hydrogens (tertiary/aromatic N) is 2. The molecule has 2 aromatic heterocycles. The Bertz CT molecular complexity index is 969. The molecule has 1 fully saturated rings. The van der Waals surface area contributed by atoms with E-state index in [4.69, 9.17) is 9.84 Å². The van der Waals surface area contributed by atoms with Gasteiger partial charge in [0.1, 0.15) is 6.10 Å². The number of nitrogens with one attached hydrogen (secondary N) is 2. The van der Waals surface area contributed by atoms with Gasteiger partial charge in [-0.05, 0) is 24.3 Å². The van der Waals surface area contributed by atoms with Crippen molar-refractivity contribution in [3.8, 4) is 0 Å². The van der Waals surface area contributed by atoms with Gasteiger partial charge in [-0.25, -0.2) is 14.6 Å². The van der Waals surface area contributed by atoms with Crippen LogP contribution in [0, 0.1) is 0 Å². The molecule has 1 aliphatic rings. The average Bonchev–Trinajstić information content (AvgIpc) is 2.91. The normalized spacial score (nSPS) is 15.9. The fraction of sp³-hybridized carbons (Fsp3) is 0.312. The predicted molar refractivity (Wildman–Crippen MR) is 88.6 cm³/mol. The number of anilines is 1. The van der Waals surface area contributed by atoms with E-state index in [1.54, 1.807) is 0 Å². The molecule has 0 unspecified atom stereocenters. The van der Waals surface area contributed by atoms with Crippen molar-refractivity contribution >= 4 is 33.9 Å². The molecule has 1 aromatic carbocycles. The first kappa shape index (κ1) is 14.6. The van der Waals surface area contributed by atoms with Crippen LogP contribution in [0.25, 0.3) is 22.1 Å². The number of ether oxygens (including phenoxy) is 1. The Kier molecular flexibility index (Phi) is 3.37. The van der Waals surface area contributed by atoms with Gasteiger partial charge < -0.3 is 19.7 Å². The molecule has 3 heterocycles. The zero-order valence-electron chi connectivity index (χ0n) is 12.8. The number of rotatable bonds is 2. The number of pyridine rings is 1. The second kappa shape index (κ2) is 5.55. The SMILES string of the molecule is O=C(O)OC1CCN(c2ccc3nc4[nH]c(=O)[nH]c4cc3c2)CC1. The Labute approximate surface area is 136 Å². The van der Waals surface area contributed by atoms with Crippen molar-refractivity contribution in [1.29, 1.82) is 0 Å². The standard InChI is InChI=1S/C16H16N4O4/c21-15-18-13-8-9-7-10(1-2-12(9)17-14(13)19-15)20-5-3-11(4-6-20)24-16(22)23/h1-2,7-8,11H,3-6H2,(H,22,23)(H2,17,18,19,21). The lowest BCUT2D eigenvalue weighted by Crippen LogP contribution is -2.37. The molecule has 0 spiro atoms. The third-order valence-electron chi connectivity index (χ3n) is 4.35. The molecule has 124 valence electrons. The molecule has 0 aliphatic carbocycles. The Morgan fingerprint density at radius 1 is 1.25 bits per heavy atom. The highest BCUT2D eigenvalue weighted by molar-refractivity contribution is 5.91. The van der Waals surface area contributed by atoms with Crippen LogP contribution < -0.4 is 10.6 Å². The quantitative estimate of drug-likeness (QED) is 0.621. The summed E-state index contributed by atoms with van der Waals surface area (Å²) in [5, 5.41) is 9.63. The van der Waals surface area contributed by atoms with Crippen LogP contribution in [-0.2, 0) is 4.74 Å². The first-order valence-electron chi connectivity index (χ1n) is 7.76. The van der Waals surface area contributed by atoms with Crippen molar-refractivity contribution in [2.45, 2.75) is 18.9 Å². The van der Waals surface area contributed by atoms with Crippen molar-refractivity contribution in [2.24, 2.45) is 0 Å². The van der Waals surface area contributed by atoms with Gasteiger partial charge in [-0.2, -0.15) is 0 Å². The molecule has 0 amide bonds. The van der Waals surface area contributed by atoms with Gasteiger partial charge in [-0.15, -0.1) is 0 Å². The molecule has 0 atom stereocenters. The number of hydrogen-bond donors (Lipinski definition) is 3. The molecule has 24 heavy (non-hydrogen) atoms. The van der Waals surface area contributed by atoms with Gasteiger partial charge in [0.2, 0.25) is 0 Å². The van der Waals surface area contributed by atoms with Crippen LogP contribution in [0.4, 0.5) is 10.5 Å². The van der Waals surface area contributed by atoms with E-state index in [0.29, 0.717) is 24.0 Å². The zero-order valence-corrected chi connectivity index (χ0v) is 12.8. The van der Waals surface area contributed by atoms with Crippen LogP contribution in [0.3, 0.4) is 0 Å². The van der Waals surface area contributed by atoms with Crippen LogP contribution >= 0.6 is 0 Å². The molecule has 8 nitrogen and oxygen atoms in total. The summed E-state index contributed by atoms with van der Waals surface area (Å²) in [6, 6.07) is 7.85. The van der Waals surface area contributed by atoms with E-state index in [1.807, 2.05) is 24.3 Å². The molecule has 1 aliphatic heterocycles. The molecule has 0 bridgehead atoms. The fourth-order valence-electron chi connectivity index (χ4n) is 3.19. The van der Waals surface area contributed by atoms with Gasteiger partial charge in [0.15, 0.2) is 5.65 Å². The molecule has 1 saturated heterocycles. The minimum absolute atomic E-state index is 0.231. The topological polar surface area (TPSA) is 111 Å². The maximum atomic E-state index is 11.4. The zero-order chi connectivity index (χ0) is 16.7. The number of imidazole rings is 1. The van der Waals surface area contributed by atoms with Crippen LogP contribution in [0.2, 0.25) is 0 Å². The summed E-state index contributed by atoms with van der Waals surface area (Å²) in [6.45, 7) is 1.47. The van der Waals surface area contributed by atoms with Crippen molar-refractivity contribution in [3.63, 3.8) is 0 Å². The van der Waals surface area contributed by atoms with Crippen LogP contribution in [-0.4, -0.2) is 45.4 Å². The highest BCUT2D eigenvalue weighted by Gasteiger charge is 2.22. The Hall–Kier alpha value is -3.03. The molecule has 8 heteroatoms. The predicted octanol–water partition coefficient (Wildman–Crippen LogP) is 2.07. The number of H-pyrrole nitrogens is 2. The molecular weight excluding hydrogens is 312 g/mol. The monoisotopic (exact) mass is 328 g/mol. The summed E-state index contributed by atoms with van der Waals surface area (Å²) in [4.78, 5) is 34.0. The molecule has 3 N–H and O–H groups in total. The maximum Gasteiger partial charge on any atom is 0.506 e. The van der Waals surface area contributed by atoms with E-state index < -0.39 is 6.16 Å². The molecular formula is C16H16N4O4. The van der Waals surface area contributed by atoms with E-state index in [-0.39, 0.29) is 11.8 Å². The third-order valence-corrected chi connectivity index (χ3v) is 4.35. The number of fused-ring (bicyclic) bond motifs is 2. The fourth-order valence-corrected chi connectivity index (χ4v) is 3.19. The van der Waals surface area contributed by atoms with Crippen molar-refractivity contribution in [3.05, 3.63) is 34.7 Å². The number of hydrogen-bond acceptors (Lipinski definition) is 5. The summed E-state index contributed by atoms with van der Waals surface area (Å²) in [6.07, 6.45) is -0.0976. The first-order chi connectivity index (χ1) is 11.6. The lowest BCUT2D eigenvalue weighted by atomic mass is 10.1. The molecule has 3 aromatic rings. The van der Waals surface area contributed by atoms with Gasteiger partial charge in [-0.1, -0.05) is 0 Å². The minimum Gasteiger partial charge on any atom is -0.450 e. The summed E-state index contributed by atoms with van der Waals surface area (Å²) in [5.41, 5.74) is 2.82. The summed E-state index contributed by atoms with van der Waals surface area (Å²) < 4.78 is 4.84. The minimum atomic E-state index is -1.21. The molecule has 0 radical (unpaired) electrons. The molecule has 0 saturated carbocycles. The Balaban J connectivity index is 1.59. The number of piperidine rings is 1. The third kappa shape index (κ3) is 2.66. The van der Waals surface area contributed by atoms with E-state index in [9.17, 15) is 9.59 Å². The van der Waals surface area contributed by atoms with Crippen LogP contribution in [0.15, 0.2) is 29.1 Å². The van der Waals surface area contributed by atoms with Crippen molar-refractivity contribution in [1.82, 2.24) is 15.0 Å². The number of aromatic nitrogens is 3. The number of aromatic amines is 2. The summed E-state index contributed by atoms with van der Waals surface area (Å²) >= 11 is 0. The lowest BCUT2D eigenvalue weighted by molar-refractivity contribution is 0.0416. The van der Waals surface area contributed by atoms with Gasteiger partial charge in [0.25, 0.3) is 0 Å². The van der Waals surface area contributed by atoms with E-state index in [0.717, 1.165) is 29.7 Å². The highest BCUT2D eigenvalue weighted by atomic mass is 16.7. The number of benzene rings is 1. The average molecular weight is 328 g/mol. The maximum absolute atomic E-state index is 11.4. The summed E-state index contributed by atoms with van der Waals surface area (Å²) in [5.74, 6) is 0. The second-order valence-corrected chi connectivity index (χ2v) is 5.91. The van der Waals surface area contributed by atoms with Gasteiger partial charge in [0, 0.05) is 37.0 Å². The second-order valence-electron chi connectivity index (χ2n) is 5.91. The van der Waals surface area contributed by atoms with Crippen LogP contribution in [0.5, 0.6) is 0 Å². The summed E-state index contributed by atoms with van der Waals surface area (Å²) in [7, 11) is 0. The largest absolute Gasteiger partial charge is 0.506 e. The Morgan fingerprint density at radius 2 is 2.04 bits per heavy atom. The van der Waals surface area contributed by atoms with Gasteiger partial charge in [-0.3, -0.25) is 4.98 Å². The molecule has 4 rings (SSSR count). The lowest BCUT2D eigenvalue weighted by Gasteiger charge is -2.32. The van der Waals surface area contributed by atoms with E-state index in [2.05, 4.69) is 19.9 Å². The van der Waals surface area contributed by atoms with E-state index in [1.165, 1.54) is 0 Å². The number of carbonyl (C=O) groups is 1. The number of carboxylic acid groups (broad SMARTS) is 1. The van der Waals surface area contributed by atoms with Gasteiger partial charge >= 0.3 is 11.8 Å². The van der Waals surface area contributed by atoms with Crippen molar-refractivity contribution < 1.29 is 14.6 Å².